The Labute approximate surface area is 96.1 Å². The normalized spacial score (nSPS) is 23.2. The molecular weight excluding hydrogens is 182 g/mol. The summed E-state index contributed by atoms with van der Waals surface area (Å²) in [5.41, 5.74) is 9.16. The molecule has 2 unspecified atom stereocenters. The van der Waals surface area contributed by atoms with Crippen LogP contribution in [0.2, 0.25) is 0 Å². The van der Waals surface area contributed by atoms with Crippen LogP contribution in [-0.4, -0.2) is 6.04 Å². The van der Waals surface area contributed by atoms with E-state index in [4.69, 9.17) is 5.73 Å². The standard InChI is InChI=1S/C12H23N.C2H6/c1-4-12-8-11(7-10(3)13)6-5-9(12)2;1-2/h10-11H,4-8,13H2,1-3H3;1-2H3. The lowest BCUT2D eigenvalue weighted by molar-refractivity contribution is 0.392. The van der Waals surface area contributed by atoms with Crippen LogP contribution in [0.25, 0.3) is 0 Å². The summed E-state index contributed by atoms with van der Waals surface area (Å²) in [5, 5.41) is 0. The maximum absolute atomic E-state index is 5.83. The highest BCUT2D eigenvalue weighted by atomic mass is 14.6. The van der Waals surface area contributed by atoms with Crippen LogP contribution in [0, 0.1) is 5.92 Å². The molecule has 1 aliphatic rings. The molecular formula is C14H29N. The van der Waals surface area contributed by atoms with Gasteiger partial charge in [0.05, 0.1) is 0 Å². The van der Waals surface area contributed by atoms with Crippen LogP contribution >= 0.6 is 0 Å². The molecule has 0 aromatic heterocycles. The van der Waals surface area contributed by atoms with Gasteiger partial charge in [-0.05, 0) is 51.9 Å². The topological polar surface area (TPSA) is 26.0 Å². The minimum absolute atomic E-state index is 0.376. The number of nitrogens with two attached hydrogens (primary N) is 1. The van der Waals surface area contributed by atoms with Gasteiger partial charge >= 0.3 is 0 Å². The maximum atomic E-state index is 5.83. The summed E-state index contributed by atoms with van der Waals surface area (Å²) in [5.74, 6) is 0.860. The van der Waals surface area contributed by atoms with Gasteiger partial charge in [-0.2, -0.15) is 0 Å². The van der Waals surface area contributed by atoms with Crippen LogP contribution < -0.4 is 5.73 Å². The van der Waals surface area contributed by atoms with Gasteiger partial charge < -0.3 is 5.73 Å². The molecule has 0 aromatic rings. The molecule has 0 amide bonds. The van der Waals surface area contributed by atoms with Gasteiger partial charge in [0.1, 0.15) is 0 Å². The molecule has 1 nitrogen and oxygen atoms in total. The van der Waals surface area contributed by atoms with E-state index < -0.39 is 0 Å². The third kappa shape index (κ3) is 5.36. The fraction of sp³-hybridized carbons (Fsp3) is 0.857. The van der Waals surface area contributed by atoms with Gasteiger partial charge in [0.25, 0.3) is 0 Å². The molecule has 0 bridgehead atoms. The Bertz CT molecular complexity index is 192. The summed E-state index contributed by atoms with van der Waals surface area (Å²) in [6.45, 7) is 10.7. The van der Waals surface area contributed by atoms with Crippen molar-refractivity contribution in [1.29, 1.82) is 0 Å². The Balaban J connectivity index is 0.000000921. The molecule has 1 rings (SSSR count). The summed E-state index contributed by atoms with van der Waals surface area (Å²) in [4.78, 5) is 0. The minimum atomic E-state index is 0.376. The lowest BCUT2D eigenvalue weighted by Crippen LogP contribution is -2.21. The first-order valence-corrected chi connectivity index (χ1v) is 6.56. The van der Waals surface area contributed by atoms with Gasteiger partial charge in [-0.25, -0.2) is 0 Å². The lowest BCUT2D eigenvalue weighted by Gasteiger charge is -2.26. The Hall–Kier alpha value is -0.300. The first-order chi connectivity index (χ1) is 7.13. The van der Waals surface area contributed by atoms with E-state index in [2.05, 4.69) is 20.8 Å². The Morgan fingerprint density at radius 3 is 2.47 bits per heavy atom. The largest absolute Gasteiger partial charge is 0.328 e. The maximum Gasteiger partial charge on any atom is 0.00132 e. The van der Waals surface area contributed by atoms with Gasteiger partial charge in [-0.1, -0.05) is 31.9 Å². The molecule has 2 atom stereocenters. The molecule has 0 saturated heterocycles. The van der Waals surface area contributed by atoms with Crippen LogP contribution in [0.15, 0.2) is 11.1 Å². The summed E-state index contributed by atoms with van der Waals surface area (Å²) < 4.78 is 0. The second-order valence-electron chi connectivity index (χ2n) is 4.56. The van der Waals surface area contributed by atoms with Crippen molar-refractivity contribution < 1.29 is 0 Å². The van der Waals surface area contributed by atoms with Crippen LogP contribution in [-0.2, 0) is 0 Å². The molecule has 1 heteroatoms. The molecule has 0 aromatic carbocycles. The molecule has 2 N–H and O–H groups in total. The van der Waals surface area contributed by atoms with Gasteiger partial charge in [0.15, 0.2) is 0 Å². The number of rotatable bonds is 3. The third-order valence-corrected chi connectivity index (χ3v) is 3.20. The summed E-state index contributed by atoms with van der Waals surface area (Å²) in [6.07, 6.45) is 6.42. The molecule has 15 heavy (non-hydrogen) atoms. The molecule has 0 heterocycles. The zero-order valence-corrected chi connectivity index (χ0v) is 11.3. The minimum Gasteiger partial charge on any atom is -0.328 e. The average Bonchev–Trinajstić information content (AvgIpc) is 2.23. The van der Waals surface area contributed by atoms with E-state index in [-0.39, 0.29) is 0 Å². The average molecular weight is 211 g/mol. The highest BCUT2D eigenvalue weighted by molar-refractivity contribution is 5.15. The van der Waals surface area contributed by atoms with E-state index in [1.807, 2.05) is 13.8 Å². The first kappa shape index (κ1) is 14.7. The predicted molar refractivity (Wildman–Crippen MR) is 69.9 cm³/mol. The van der Waals surface area contributed by atoms with Crippen molar-refractivity contribution in [3.63, 3.8) is 0 Å². The second-order valence-corrected chi connectivity index (χ2v) is 4.56. The summed E-state index contributed by atoms with van der Waals surface area (Å²) >= 11 is 0. The molecule has 0 fully saturated rings. The number of allylic oxidation sites excluding steroid dienone is 2. The Morgan fingerprint density at radius 2 is 2.00 bits per heavy atom. The van der Waals surface area contributed by atoms with E-state index in [1.165, 1.54) is 32.1 Å². The van der Waals surface area contributed by atoms with Crippen LogP contribution in [0.1, 0.15) is 66.7 Å². The smallest absolute Gasteiger partial charge is 0.00132 e. The number of hydrogen-bond donors (Lipinski definition) is 1. The van der Waals surface area contributed by atoms with E-state index in [0.717, 1.165) is 5.92 Å². The van der Waals surface area contributed by atoms with E-state index in [9.17, 15) is 0 Å². The van der Waals surface area contributed by atoms with Crippen molar-refractivity contribution in [2.75, 3.05) is 0 Å². The fourth-order valence-electron chi connectivity index (χ4n) is 2.40. The number of hydrogen-bond acceptors (Lipinski definition) is 1. The molecule has 0 radical (unpaired) electrons. The predicted octanol–water partition coefficient (Wildman–Crippen LogP) is 4.28. The summed E-state index contributed by atoms with van der Waals surface area (Å²) in [7, 11) is 0. The van der Waals surface area contributed by atoms with Crippen molar-refractivity contribution in [1.82, 2.24) is 0 Å². The van der Waals surface area contributed by atoms with Gasteiger partial charge in [-0.15, -0.1) is 0 Å². The molecule has 1 aliphatic carbocycles. The van der Waals surface area contributed by atoms with Crippen molar-refractivity contribution >= 4 is 0 Å². The van der Waals surface area contributed by atoms with Crippen molar-refractivity contribution in [3.05, 3.63) is 11.1 Å². The third-order valence-electron chi connectivity index (χ3n) is 3.20. The monoisotopic (exact) mass is 211 g/mol. The zero-order chi connectivity index (χ0) is 11.8. The van der Waals surface area contributed by atoms with Crippen LogP contribution in [0.4, 0.5) is 0 Å². The van der Waals surface area contributed by atoms with E-state index in [1.54, 1.807) is 11.1 Å². The molecule has 0 aliphatic heterocycles. The Kier molecular flexibility index (Phi) is 7.76. The first-order valence-electron chi connectivity index (χ1n) is 6.56. The van der Waals surface area contributed by atoms with Gasteiger partial charge in [0, 0.05) is 6.04 Å². The van der Waals surface area contributed by atoms with Crippen LogP contribution in [0.5, 0.6) is 0 Å². The fourth-order valence-corrected chi connectivity index (χ4v) is 2.40. The molecule has 0 saturated carbocycles. The van der Waals surface area contributed by atoms with E-state index >= 15 is 0 Å². The zero-order valence-electron chi connectivity index (χ0n) is 11.3. The van der Waals surface area contributed by atoms with Crippen molar-refractivity contribution in [2.45, 2.75) is 72.8 Å². The Morgan fingerprint density at radius 1 is 1.40 bits per heavy atom. The van der Waals surface area contributed by atoms with Gasteiger partial charge in [0.2, 0.25) is 0 Å². The molecule has 0 spiro atoms. The second kappa shape index (κ2) is 7.92. The van der Waals surface area contributed by atoms with Crippen molar-refractivity contribution in [3.8, 4) is 0 Å². The van der Waals surface area contributed by atoms with Gasteiger partial charge in [-0.3, -0.25) is 0 Å². The van der Waals surface area contributed by atoms with Crippen LogP contribution in [0.3, 0.4) is 0 Å². The lowest BCUT2D eigenvalue weighted by atomic mass is 9.80. The molecule has 90 valence electrons. The quantitative estimate of drug-likeness (QED) is 0.693. The SMILES string of the molecule is CC.CCC1=C(C)CCC(CC(C)N)C1. The highest BCUT2D eigenvalue weighted by Gasteiger charge is 2.18. The summed E-state index contributed by atoms with van der Waals surface area (Å²) in [6, 6.07) is 0.376. The van der Waals surface area contributed by atoms with E-state index in [0.29, 0.717) is 6.04 Å². The van der Waals surface area contributed by atoms with Crippen molar-refractivity contribution in [2.24, 2.45) is 11.7 Å². The highest BCUT2D eigenvalue weighted by Crippen LogP contribution is 2.33.